The van der Waals surface area contributed by atoms with Gasteiger partial charge in [0.15, 0.2) is 5.60 Å². The molecular weight excluding hydrogens is 172 g/mol. The van der Waals surface area contributed by atoms with Gasteiger partial charge in [0.1, 0.15) is 0 Å². The number of carbonyl (C=O) groups excluding carboxylic acids is 1. The van der Waals surface area contributed by atoms with Gasteiger partial charge >= 0.3 is 6.09 Å². The van der Waals surface area contributed by atoms with Crippen molar-refractivity contribution in [2.45, 2.75) is 5.60 Å². The van der Waals surface area contributed by atoms with E-state index in [2.05, 4.69) is 5.32 Å². The van der Waals surface area contributed by atoms with Gasteiger partial charge in [-0.15, -0.1) is 0 Å². The minimum absolute atomic E-state index is 0.257. The van der Waals surface area contributed by atoms with Crippen LogP contribution in [0.2, 0.25) is 0 Å². The molecule has 1 unspecified atom stereocenters. The van der Waals surface area contributed by atoms with Crippen LogP contribution in [0.3, 0.4) is 0 Å². The third kappa shape index (κ3) is 1.62. The van der Waals surface area contributed by atoms with Crippen molar-refractivity contribution in [3.8, 4) is 0 Å². The minimum atomic E-state index is -0.456. The van der Waals surface area contributed by atoms with Crippen molar-refractivity contribution < 1.29 is 14.3 Å². The highest BCUT2D eigenvalue weighted by Gasteiger charge is 2.44. The molecule has 0 aromatic heterocycles. The van der Waals surface area contributed by atoms with E-state index in [1.165, 1.54) is 0 Å². The molecule has 0 aromatic carbocycles. The zero-order chi connectivity index (χ0) is 9.31. The van der Waals surface area contributed by atoms with Crippen molar-refractivity contribution >= 4 is 6.09 Å². The van der Waals surface area contributed by atoms with Gasteiger partial charge in [0.2, 0.25) is 0 Å². The van der Waals surface area contributed by atoms with Crippen molar-refractivity contribution in [3.63, 3.8) is 0 Å². The lowest BCUT2D eigenvalue weighted by atomic mass is 10.1. The Hall–Kier alpha value is -0.810. The molecule has 0 aliphatic carbocycles. The Kier molecular flexibility index (Phi) is 2.13. The maximum absolute atomic E-state index is 11.2. The van der Waals surface area contributed by atoms with E-state index >= 15 is 0 Å². The molecule has 2 rings (SSSR count). The number of nitrogens with zero attached hydrogens (tertiary/aromatic N) is 1. The summed E-state index contributed by atoms with van der Waals surface area (Å²) in [6.07, 6.45) is -0.257. The van der Waals surface area contributed by atoms with E-state index in [-0.39, 0.29) is 6.09 Å². The van der Waals surface area contributed by atoms with E-state index < -0.39 is 5.60 Å². The Labute approximate surface area is 77.0 Å². The minimum Gasteiger partial charge on any atom is -0.437 e. The van der Waals surface area contributed by atoms with E-state index in [1.807, 2.05) is 0 Å². The Bertz CT molecular complexity index is 211. The predicted molar refractivity (Wildman–Crippen MR) is 45.5 cm³/mol. The van der Waals surface area contributed by atoms with Crippen LogP contribution in [-0.2, 0) is 9.47 Å². The lowest BCUT2D eigenvalue weighted by Gasteiger charge is -2.23. The maximum atomic E-state index is 11.2. The van der Waals surface area contributed by atoms with Crippen LogP contribution in [0.25, 0.3) is 0 Å². The molecule has 0 saturated carbocycles. The molecule has 2 fully saturated rings. The van der Waals surface area contributed by atoms with Crippen LogP contribution in [0.1, 0.15) is 0 Å². The zero-order valence-corrected chi connectivity index (χ0v) is 7.71. The molecule has 5 nitrogen and oxygen atoms in total. The fourth-order valence-corrected chi connectivity index (χ4v) is 1.73. The molecule has 1 amide bonds. The molecule has 0 aromatic rings. The summed E-state index contributed by atoms with van der Waals surface area (Å²) in [7, 11) is 1.74. The van der Waals surface area contributed by atoms with Gasteiger partial charge in [-0.3, -0.25) is 0 Å². The number of ether oxygens (including phenoxy) is 2. The highest BCUT2D eigenvalue weighted by molar-refractivity contribution is 5.70. The molecule has 1 spiro atoms. The van der Waals surface area contributed by atoms with Crippen molar-refractivity contribution in [2.75, 3.05) is 39.9 Å². The maximum Gasteiger partial charge on any atom is 0.410 e. The van der Waals surface area contributed by atoms with Crippen molar-refractivity contribution in [3.05, 3.63) is 0 Å². The molecule has 2 heterocycles. The summed E-state index contributed by atoms with van der Waals surface area (Å²) in [5.41, 5.74) is -0.456. The Balaban J connectivity index is 2.07. The molecule has 5 heteroatoms. The first-order valence-corrected chi connectivity index (χ1v) is 4.44. The highest BCUT2D eigenvalue weighted by Crippen LogP contribution is 2.22. The standard InChI is InChI=1S/C8H14N2O3/c1-10-5-8(13-7(10)11)4-9-2-3-12-6-8/h9H,2-6H2,1H3. The van der Waals surface area contributed by atoms with Crippen LogP contribution in [-0.4, -0.2) is 56.5 Å². The monoisotopic (exact) mass is 186 g/mol. The molecule has 1 N–H and O–H groups in total. The normalized spacial score (nSPS) is 34.8. The Morgan fingerprint density at radius 3 is 3.15 bits per heavy atom. The smallest absolute Gasteiger partial charge is 0.410 e. The third-order valence-electron chi connectivity index (χ3n) is 2.38. The van der Waals surface area contributed by atoms with E-state index in [9.17, 15) is 4.79 Å². The molecular formula is C8H14N2O3. The van der Waals surface area contributed by atoms with Crippen molar-refractivity contribution in [2.24, 2.45) is 0 Å². The summed E-state index contributed by atoms with van der Waals surface area (Å²) in [6, 6.07) is 0. The van der Waals surface area contributed by atoms with Crippen molar-refractivity contribution in [1.82, 2.24) is 10.2 Å². The molecule has 2 aliphatic rings. The van der Waals surface area contributed by atoms with E-state index in [4.69, 9.17) is 9.47 Å². The van der Waals surface area contributed by atoms with E-state index in [1.54, 1.807) is 11.9 Å². The SMILES string of the molecule is CN1CC2(CNCCOC2)OC1=O. The van der Waals surface area contributed by atoms with E-state index in [0.29, 0.717) is 26.3 Å². The van der Waals surface area contributed by atoms with Crippen LogP contribution < -0.4 is 5.32 Å². The number of rotatable bonds is 0. The van der Waals surface area contributed by atoms with Gasteiger partial charge < -0.3 is 19.7 Å². The van der Waals surface area contributed by atoms with Crippen LogP contribution in [0.5, 0.6) is 0 Å². The first kappa shape index (κ1) is 8.77. The van der Waals surface area contributed by atoms with Gasteiger partial charge in [-0.1, -0.05) is 0 Å². The molecule has 13 heavy (non-hydrogen) atoms. The fourth-order valence-electron chi connectivity index (χ4n) is 1.73. The largest absolute Gasteiger partial charge is 0.437 e. The lowest BCUT2D eigenvalue weighted by molar-refractivity contribution is -0.00768. The highest BCUT2D eigenvalue weighted by atomic mass is 16.6. The third-order valence-corrected chi connectivity index (χ3v) is 2.38. The van der Waals surface area contributed by atoms with Crippen molar-refractivity contribution in [1.29, 1.82) is 0 Å². The van der Waals surface area contributed by atoms with Gasteiger partial charge in [-0.05, 0) is 0 Å². The number of carbonyl (C=O) groups is 1. The quantitative estimate of drug-likeness (QED) is 0.550. The van der Waals surface area contributed by atoms with Gasteiger partial charge in [-0.2, -0.15) is 0 Å². The topological polar surface area (TPSA) is 50.8 Å². The molecule has 74 valence electrons. The van der Waals surface area contributed by atoms with Gasteiger partial charge in [0.05, 0.1) is 19.8 Å². The van der Waals surface area contributed by atoms with Crippen LogP contribution in [0, 0.1) is 0 Å². The summed E-state index contributed by atoms with van der Waals surface area (Å²) < 4.78 is 10.6. The van der Waals surface area contributed by atoms with Gasteiger partial charge in [-0.25, -0.2) is 4.79 Å². The molecule has 0 radical (unpaired) electrons. The average Bonchev–Trinajstić information content (AvgIpc) is 2.29. The van der Waals surface area contributed by atoms with Crippen LogP contribution >= 0.6 is 0 Å². The summed E-state index contributed by atoms with van der Waals surface area (Å²) in [5, 5.41) is 3.19. The number of hydrogen-bond acceptors (Lipinski definition) is 4. The van der Waals surface area contributed by atoms with Crippen LogP contribution in [0.15, 0.2) is 0 Å². The predicted octanol–water partition coefficient (Wildman–Crippen LogP) is -0.573. The van der Waals surface area contributed by atoms with Gasteiger partial charge in [0, 0.05) is 20.1 Å². The number of likely N-dealkylation sites (N-methyl/N-ethyl adjacent to an activating group) is 1. The Morgan fingerprint density at radius 2 is 2.46 bits per heavy atom. The molecule has 2 saturated heterocycles. The fraction of sp³-hybridized carbons (Fsp3) is 0.875. The first-order valence-electron chi connectivity index (χ1n) is 4.44. The second kappa shape index (κ2) is 3.16. The second-order valence-electron chi connectivity index (χ2n) is 3.64. The molecule has 2 aliphatic heterocycles. The number of hydrogen-bond donors (Lipinski definition) is 1. The summed E-state index contributed by atoms with van der Waals surface area (Å²) >= 11 is 0. The van der Waals surface area contributed by atoms with E-state index in [0.717, 1.165) is 6.54 Å². The number of amides is 1. The lowest BCUT2D eigenvalue weighted by Crippen LogP contribution is -2.45. The molecule has 0 bridgehead atoms. The van der Waals surface area contributed by atoms with Gasteiger partial charge in [0.25, 0.3) is 0 Å². The number of nitrogens with one attached hydrogen (secondary N) is 1. The molecule has 1 atom stereocenters. The van der Waals surface area contributed by atoms with Crippen LogP contribution in [0.4, 0.5) is 4.79 Å². The Morgan fingerprint density at radius 1 is 1.62 bits per heavy atom. The zero-order valence-electron chi connectivity index (χ0n) is 7.71. The summed E-state index contributed by atoms with van der Waals surface area (Å²) in [5.74, 6) is 0. The average molecular weight is 186 g/mol. The first-order chi connectivity index (χ1) is 6.22. The summed E-state index contributed by atoms with van der Waals surface area (Å²) in [6.45, 7) is 3.30. The second-order valence-corrected chi connectivity index (χ2v) is 3.64. The summed E-state index contributed by atoms with van der Waals surface area (Å²) in [4.78, 5) is 12.8.